The molecule has 2 amide bonds. The molecule has 0 aliphatic heterocycles. The number of aryl methyl sites for hydroxylation is 1. The number of anilines is 2. The Bertz CT molecular complexity index is 969. The lowest BCUT2D eigenvalue weighted by Gasteiger charge is -2.16. The smallest absolute Gasteiger partial charge is 0.257 e. The second-order valence-corrected chi connectivity index (χ2v) is 6.92. The van der Waals surface area contributed by atoms with Crippen LogP contribution in [-0.2, 0) is 4.79 Å². The van der Waals surface area contributed by atoms with Crippen LogP contribution < -0.4 is 16.0 Å². The molecule has 0 bridgehead atoms. The van der Waals surface area contributed by atoms with E-state index in [0.717, 1.165) is 16.8 Å². The van der Waals surface area contributed by atoms with Gasteiger partial charge in [0, 0.05) is 11.4 Å². The minimum Gasteiger partial charge on any atom is -0.376 e. The van der Waals surface area contributed by atoms with Crippen LogP contribution in [0, 0.1) is 6.92 Å². The van der Waals surface area contributed by atoms with Crippen molar-refractivity contribution in [1.29, 1.82) is 0 Å². The molecule has 0 aromatic heterocycles. The molecule has 0 fully saturated rings. The zero-order valence-corrected chi connectivity index (χ0v) is 16.6. The fourth-order valence-electron chi connectivity index (χ4n) is 2.96. The van der Waals surface area contributed by atoms with Crippen molar-refractivity contribution in [2.24, 2.45) is 0 Å². The number of nitrogens with one attached hydrogen (secondary N) is 3. The van der Waals surface area contributed by atoms with Crippen molar-refractivity contribution in [3.05, 3.63) is 95.6 Å². The standard InChI is InChI=1S/C24H25N3O2/c1-17-12-14-20(15-13-17)27-24(29)21-10-6-7-11-22(21)25-16-23(28)26-18(2)19-8-4-3-5-9-19/h3-15,18,25H,16H2,1-2H3,(H,26,28)(H,27,29)/t18-/m1/s1. The maximum atomic E-state index is 12.7. The number of amides is 2. The summed E-state index contributed by atoms with van der Waals surface area (Å²) in [7, 11) is 0. The fourth-order valence-corrected chi connectivity index (χ4v) is 2.96. The summed E-state index contributed by atoms with van der Waals surface area (Å²) in [5, 5.41) is 8.92. The lowest BCUT2D eigenvalue weighted by Crippen LogP contribution is -2.32. The third-order valence-corrected chi connectivity index (χ3v) is 4.60. The van der Waals surface area contributed by atoms with Gasteiger partial charge in [-0.25, -0.2) is 0 Å². The fraction of sp³-hybridized carbons (Fsp3) is 0.167. The molecule has 3 aromatic carbocycles. The van der Waals surface area contributed by atoms with Gasteiger partial charge >= 0.3 is 0 Å². The van der Waals surface area contributed by atoms with Crippen molar-refractivity contribution in [3.8, 4) is 0 Å². The zero-order valence-electron chi connectivity index (χ0n) is 16.6. The van der Waals surface area contributed by atoms with Gasteiger partial charge in [-0.05, 0) is 43.7 Å². The predicted octanol–water partition coefficient (Wildman–Crippen LogP) is 4.54. The van der Waals surface area contributed by atoms with E-state index in [2.05, 4.69) is 16.0 Å². The maximum absolute atomic E-state index is 12.7. The van der Waals surface area contributed by atoms with E-state index in [1.807, 2.05) is 74.5 Å². The highest BCUT2D eigenvalue weighted by Crippen LogP contribution is 2.18. The average Bonchev–Trinajstić information content (AvgIpc) is 2.74. The molecule has 5 nitrogen and oxygen atoms in total. The van der Waals surface area contributed by atoms with E-state index in [0.29, 0.717) is 11.3 Å². The van der Waals surface area contributed by atoms with Gasteiger partial charge in [0.25, 0.3) is 5.91 Å². The zero-order chi connectivity index (χ0) is 20.6. The van der Waals surface area contributed by atoms with Gasteiger partial charge in [0.05, 0.1) is 18.2 Å². The first-order valence-electron chi connectivity index (χ1n) is 9.58. The van der Waals surface area contributed by atoms with Gasteiger partial charge < -0.3 is 16.0 Å². The van der Waals surface area contributed by atoms with Crippen LogP contribution in [0.2, 0.25) is 0 Å². The third kappa shape index (κ3) is 5.69. The molecule has 0 saturated carbocycles. The molecule has 3 aromatic rings. The van der Waals surface area contributed by atoms with Crippen LogP contribution in [0.25, 0.3) is 0 Å². The van der Waals surface area contributed by atoms with Crippen LogP contribution in [0.15, 0.2) is 78.9 Å². The highest BCUT2D eigenvalue weighted by molar-refractivity contribution is 6.08. The molecule has 1 atom stereocenters. The molecule has 5 heteroatoms. The van der Waals surface area contributed by atoms with E-state index in [9.17, 15) is 9.59 Å². The summed E-state index contributed by atoms with van der Waals surface area (Å²) in [6, 6.07) is 24.4. The normalized spacial score (nSPS) is 11.4. The Morgan fingerprint density at radius 1 is 0.862 bits per heavy atom. The number of carbonyl (C=O) groups is 2. The molecule has 0 unspecified atom stereocenters. The highest BCUT2D eigenvalue weighted by atomic mass is 16.2. The first-order chi connectivity index (χ1) is 14.0. The lowest BCUT2D eigenvalue weighted by molar-refractivity contribution is -0.120. The maximum Gasteiger partial charge on any atom is 0.257 e. The van der Waals surface area contributed by atoms with Gasteiger partial charge in [-0.1, -0.05) is 60.2 Å². The van der Waals surface area contributed by atoms with Gasteiger partial charge in [0.1, 0.15) is 0 Å². The van der Waals surface area contributed by atoms with Crippen molar-refractivity contribution < 1.29 is 9.59 Å². The lowest BCUT2D eigenvalue weighted by atomic mass is 10.1. The largest absolute Gasteiger partial charge is 0.376 e. The molecule has 0 radical (unpaired) electrons. The van der Waals surface area contributed by atoms with Gasteiger partial charge in [-0.15, -0.1) is 0 Å². The summed E-state index contributed by atoms with van der Waals surface area (Å²) in [5.41, 5.74) is 3.99. The van der Waals surface area contributed by atoms with E-state index >= 15 is 0 Å². The SMILES string of the molecule is Cc1ccc(NC(=O)c2ccccc2NCC(=O)N[C@H](C)c2ccccc2)cc1. The number of rotatable bonds is 7. The molecule has 29 heavy (non-hydrogen) atoms. The van der Waals surface area contributed by atoms with Crippen LogP contribution in [0.5, 0.6) is 0 Å². The molecule has 148 valence electrons. The summed E-state index contributed by atoms with van der Waals surface area (Å²) in [6.07, 6.45) is 0. The quantitative estimate of drug-likeness (QED) is 0.558. The van der Waals surface area contributed by atoms with Crippen LogP contribution >= 0.6 is 0 Å². The Morgan fingerprint density at radius 3 is 2.24 bits per heavy atom. The minimum absolute atomic E-state index is 0.0754. The van der Waals surface area contributed by atoms with Gasteiger partial charge in [0.2, 0.25) is 5.91 Å². The minimum atomic E-state index is -0.227. The first-order valence-corrected chi connectivity index (χ1v) is 9.58. The number of hydrogen-bond acceptors (Lipinski definition) is 3. The summed E-state index contributed by atoms with van der Waals surface area (Å²) in [6.45, 7) is 4.01. The third-order valence-electron chi connectivity index (χ3n) is 4.60. The topological polar surface area (TPSA) is 70.2 Å². The van der Waals surface area contributed by atoms with Crippen LogP contribution in [0.1, 0.15) is 34.5 Å². The molecular formula is C24H25N3O2. The van der Waals surface area contributed by atoms with Crippen molar-refractivity contribution in [2.75, 3.05) is 17.2 Å². The number of benzene rings is 3. The summed E-state index contributed by atoms with van der Waals surface area (Å²) < 4.78 is 0. The number of hydrogen-bond donors (Lipinski definition) is 3. The second kappa shape index (κ2) is 9.55. The van der Waals surface area contributed by atoms with Gasteiger partial charge in [-0.3, -0.25) is 9.59 Å². The molecule has 0 aliphatic rings. The number of para-hydroxylation sites is 1. The summed E-state index contributed by atoms with van der Waals surface area (Å²) in [5.74, 6) is -0.370. The van der Waals surface area contributed by atoms with E-state index in [-0.39, 0.29) is 24.4 Å². The van der Waals surface area contributed by atoms with Crippen molar-refractivity contribution in [2.45, 2.75) is 19.9 Å². The second-order valence-electron chi connectivity index (χ2n) is 6.92. The predicted molar refractivity (Wildman–Crippen MR) is 117 cm³/mol. The molecule has 0 aliphatic carbocycles. The van der Waals surface area contributed by atoms with E-state index in [4.69, 9.17) is 0 Å². The molecule has 3 N–H and O–H groups in total. The Labute approximate surface area is 171 Å². The van der Waals surface area contributed by atoms with E-state index in [1.54, 1.807) is 18.2 Å². The highest BCUT2D eigenvalue weighted by Gasteiger charge is 2.13. The Balaban J connectivity index is 1.60. The van der Waals surface area contributed by atoms with Crippen LogP contribution in [0.3, 0.4) is 0 Å². The summed E-state index contributed by atoms with van der Waals surface area (Å²) >= 11 is 0. The Hall–Kier alpha value is -3.60. The van der Waals surface area contributed by atoms with E-state index < -0.39 is 0 Å². The monoisotopic (exact) mass is 387 g/mol. The molecular weight excluding hydrogens is 362 g/mol. The Morgan fingerprint density at radius 2 is 1.52 bits per heavy atom. The number of carbonyl (C=O) groups excluding carboxylic acids is 2. The molecule has 0 saturated heterocycles. The van der Waals surface area contributed by atoms with Crippen molar-refractivity contribution in [1.82, 2.24) is 5.32 Å². The molecule has 0 heterocycles. The van der Waals surface area contributed by atoms with Crippen molar-refractivity contribution in [3.63, 3.8) is 0 Å². The van der Waals surface area contributed by atoms with Crippen molar-refractivity contribution >= 4 is 23.2 Å². The Kier molecular flexibility index (Phi) is 6.63. The molecule has 3 rings (SSSR count). The summed E-state index contributed by atoms with van der Waals surface area (Å²) in [4.78, 5) is 25.0. The molecule has 0 spiro atoms. The van der Waals surface area contributed by atoms with E-state index in [1.165, 1.54) is 0 Å². The van der Waals surface area contributed by atoms with Gasteiger partial charge in [0.15, 0.2) is 0 Å². The average molecular weight is 387 g/mol. The van der Waals surface area contributed by atoms with Gasteiger partial charge in [-0.2, -0.15) is 0 Å². The van der Waals surface area contributed by atoms with Crippen LogP contribution in [0.4, 0.5) is 11.4 Å². The first kappa shape index (κ1) is 20.1. The van der Waals surface area contributed by atoms with Crippen LogP contribution in [-0.4, -0.2) is 18.4 Å².